The fourth-order valence-corrected chi connectivity index (χ4v) is 5.15. The molecule has 1 N–H and O–H groups in total. The van der Waals surface area contributed by atoms with Crippen LogP contribution in [0, 0.1) is 11.7 Å². The first kappa shape index (κ1) is 22.0. The highest BCUT2D eigenvalue weighted by Gasteiger charge is 2.33. The zero-order chi connectivity index (χ0) is 21.8. The van der Waals surface area contributed by atoms with Crippen molar-refractivity contribution >= 4 is 16.9 Å². The Kier molecular flexibility index (Phi) is 7.02. The van der Waals surface area contributed by atoms with Gasteiger partial charge in [-0.15, -0.1) is 0 Å². The van der Waals surface area contributed by atoms with E-state index in [0.29, 0.717) is 37.2 Å². The van der Waals surface area contributed by atoms with Gasteiger partial charge in [-0.1, -0.05) is 12.8 Å². The molecular formula is C24H32FN3O3. The zero-order valence-corrected chi connectivity index (χ0v) is 18.2. The third kappa shape index (κ3) is 5.15. The van der Waals surface area contributed by atoms with E-state index in [1.807, 2.05) is 18.2 Å². The average Bonchev–Trinajstić information content (AvgIpc) is 3.28. The second kappa shape index (κ2) is 9.92. The number of hydrogen-bond acceptors (Lipinski definition) is 5. The second-order valence-corrected chi connectivity index (χ2v) is 8.87. The molecule has 1 saturated heterocycles. The zero-order valence-electron chi connectivity index (χ0n) is 18.2. The van der Waals surface area contributed by atoms with Crippen LogP contribution < -0.4 is 4.74 Å². The summed E-state index contributed by atoms with van der Waals surface area (Å²) in [5.41, 5.74) is 1.36. The molecule has 1 aromatic heterocycles. The lowest BCUT2D eigenvalue weighted by atomic mass is 10.0. The number of rotatable bonds is 8. The van der Waals surface area contributed by atoms with Crippen molar-refractivity contribution in [2.45, 2.75) is 44.6 Å². The number of methoxy groups -OCH3 is 1. The highest BCUT2D eigenvalue weighted by atomic mass is 19.1. The lowest BCUT2D eigenvalue weighted by Crippen LogP contribution is -2.57. The summed E-state index contributed by atoms with van der Waals surface area (Å²) in [6.07, 6.45) is 7.65. The maximum absolute atomic E-state index is 14.6. The van der Waals surface area contributed by atoms with Crippen molar-refractivity contribution in [2.75, 3.05) is 39.8 Å². The lowest BCUT2D eigenvalue weighted by molar-refractivity contribution is -0.146. The van der Waals surface area contributed by atoms with Gasteiger partial charge in [0.05, 0.1) is 18.8 Å². The van der Waals surface area contributed by atoms with E-state index in [4.69, 9.17) is 4.74 Å². The Hall–Kier alpha value is -2.25. The number of nitrogens with zero attached hydrogens (tertiary/aromatic N) is 3. The van der Waals surface area contributed by atoms with E-state index in [2.05, 4.69) is 14.8 Å². The van der Waals surface area contributed by atoms with Gasteiger partial charge in [0.25, 0.3) is 0 Å². The molecule has 6 nitrogen and oxygen atoms in total. The molecule has 0 bridgehead atoms. The van der Waals surface area contributed by atoms with Crippen molar-refractivity contribution in [2.24, 2.45) is 5.92 Å². The van der Waals surface area contributed by atoms with Gasteiger partial charge in [0.15, 0.2) is 0 Å². The molecule has 7 heteroatoms. The van der Waals surface area contributed by atoms with Gasteiger partial charge in [-0.3, -0.25) is 19.6 Å². The number of fused-ring (bicyclic) bond motifs is 1. The van der Waals surface area contributed by atoms with Gasteiger partial charge in [-0.05, 0) is 61.9 Å². The minimum Gasteiger partial charge on any atom is -0.497 e. The van der Waals surface area contributed by atoms with Gasteiger partial charge < -0.3 is 9.84 Å². The number of carboxylic acid groups (broad SMARTS) is 1. The van der Waals surface area contributed by atoms with Gasteiger partial charge in [-0.25, -0.2) is 4.39 Å². The summed E-state index contributed by atoms with van der Waals surface area (Å²) >= 11 is 0. The first-order valence-corrected chi connectivity index (χ1v) is 11.4. The molecule has 2 aromatic rings. The van der Waals surface area contributed by atoms with Crippen molar-refractivity contribution in [3.63, 3.8) is 0 Å². The highest BCUT2D eigenvalue weighted by Crippen LogP contribution is 2.27. The standard InChI is InChI=1S/C24H32FN3O3/c1-31-18-8-9-22-20(13-18)19(21(25)14-26-22)7-4-10-28-12-11-27(16-23(28)24(29)30)15-17-5-2-3-6-17/h8-9,13-14,17,23H,2-7,10-12,15-16H2,1H3,(H,29,30)/t23-/m1/s1. The van der Waals surface area contributed by atoms with Gasteiger partial charge >= 0.3 is 5.97 Å². The molecule has 1 atom stereocenters. The Balaban J connectivity index is 1.38. The molecule has 0 radical (unpaired) electrons. The largest absolute Gasteiger partial charge is 0.497 e. The molecule has 1 aliphatic heterocycles. The summed E-state index contributed by atoms with van der Waals surface area (Å²) in [6, 6.07) is 4.98. The molecule has 31 heavy (non-hydrogen) atoms. The quantitative estimate of drug-likeness (QED) is 0.692. The summed E-state index contributed by atoms with van der Waals surface area (Å²) in [5, 5.41) is 10.6. The number of halogens is 1. The Morgan fingerprint density at radius 2 is 2.10 bits per heavy atom. The van der Waals surface area contributed by atoms with Crippen molar-refractivity contribution in [1.82, 2.24) is 14.8 Å². The van der Waals surface area contributed by atoms with Gasteiger partial charge in [-0.2, -0.15) is 0 Å². The van der Waals surface area contributed by atoms with Crippen LogP contribution >= 0.6 is 0 Å². The Labute approximate surface area is 183 Å². The summed E-state index contributed by atoms with van der Waals surface area (Å²) in [6.45, 7) is 3.89. The van der Waals surface area contributed by atoms with Crippen LogP contribution in [0.4, 0.5) is 4.39 Å². The van der Waals surface area contributed by atoms with E-state index in [-0.39, 0.29) is 5.82 Å². The van der Waals surface area contributed by atoms with E-state index in [1.165, 1.54) is 31.9 Å². The monoisotopic (exact) mass is 429 g/mol. The molecule has 1 aromatic carbocycles. The van der Waals surface area contributed by atoms with Gasteiger partial charge in [0.1, 0.15) is 17.6 Å². The van der Waals surface area contributed by atoms with E-state index in [0.717, 1.165) is 36.5 Å². The van der Waals surface area contributed by atoms with Crippen LogP contribution in [0.1, 0.15) is 37.7 Å². The molecule has 0 amide bonds. The SMILES string of the molecule is COc1ccc2ncc(F)c(CCCN3CCN(CC4CCCC4)C[C@@H]3C(=O)O)c2c1. The Bertz CT molecular complexity index is 916. The van der Waals surface area contributed by atoms with Crippen LogP contribution in [0.25, 0.3) is 10.9 Å². The number of carbonyl (C=O) groups is 1. The number of piperazine rings is 1. The van der Waals surface area contributed by atoms with Crippen LogP contribution in [0.3, 0.4) is 0 Å². The minimum absolute atomic E-state index is 0.322. The Morgan fingerprint density at radius 3 is 2.84 bits per heavy atom. The molecule has 0 spiro atoms. The van der Waals surface area contributed by atoms with E-state index in [9.17, 15) is 14.3 Å². The molecule has 168 valence electrons. The number of pyridine rings is 1. The van der Waals surface area contributed by atoms with E-state index in [1.54, 1.807) is 7.11 Å². The number of aromatic nitrogens is 1. The van der Waals surface area contributed by atoms with Crippen LogP contribution in [-0.2, 0) is 11.2 Å². The van der Waals surface area contributed by atoms with Crippen LogP contribution in [-0.4, -0.2) is 71.7 Å². The molecule has 0 unspecified atom stereocenters. The van der Waals surface area contributed by atoms with Crippen molar-refractivity contribution in [3.8, 4) is 5.75 Å². The maximum Gasteiger partial charge on any atom is 0.322 e. The number of hydrogen-bond donors (Lipinski definition) is 1. The van der Waals surface area contributed by atoms with E-state index >= 15 is 0 Å². The molecule has 2 aliphatic rings. The average molecular weight is 430 g/mol. The predicted octanol–water partition coefficient (Wildman–Crippen LogP) is 3.58. The fourth-order valence-electron chi connectivity index (χ4n) is 5.15. The second-order valence-electron chi connectivity index (χ2n) is 8.87. The summed E-state index contributed by atoms with van der Waals surface area (Å²) in [4.78, 5) is 20.5. The first-order chi connectivity index (χ1) is 15.0. The van der Waals surface area contributed by atoms with Gasteiger partial charge in [0.2, 0.25) is 0 Å². The van der Waals surface area contributed by atoms with Crippen molar-refractivity contribution in [1.29, 1.82) is 0 Å². The number of aryl methyl sites for hydroxylation is 1. The smallest absolute Gasteiger partial charge is 0.322 e. The molecule has 1 saturated carbocycles. The number of ether oxygens (including phenoxy) is 1. The number of carboxylic acids is 1. The normalized spacial score (nSPS) is 21.0. The predicted molar refractivity (Wildman–Crippen MR) is 118 cm³/mol. The number of benzene rings is 1. The molecule has 2 heterocycles. The van der Waals surface area contributed by atoms with E-state index < -0.39 is 12.0 Å². The van der Waals surface area contributed by atoms with Crippen molar-refractivity contribution in [3.05, 3.63) is 35.8 Å². The molecular weight excluding hydrogens is 397 g/mol. The van der Waals surface area contributed by atoms with Crippen molar-refractivity contribution < 1.29 is 19.0 Å². The summed E-state index contributed by atoms with van der Waals surface area (Å²) in [5.74, 6) is 0.310. The maximum atomic E-state index is 14.6. The van der Waals surface area contributed by atoms with Crippen LogP contribution in [0.5, 0.6) is 5.75 Å². The minimum atomic E-state index is -0.763. The van der Waals surface area contributed by atoms with Crippen LogP contribution in [0.15, 0.2) is 24.4 Å². The topological polar surface area (TPSA) is 65.9 Å². The first-order valence-electron chi connectivity index (χ1n) is 11.4. The molecule has 2 fully saturated rings. The molecule has 1 aliphatic carbocycles. The number of aliphatic carboxylic acids is 1. The summed E-state index contributed by atoms with van der Waals surface area (Å²) in [7, 11) is 1.59. The third-order valence-electron chi connectivity index (χ3n) is 6.86. The molecule has 4 rings (SSSR count). The van der Waals surface area contributed by atoms with Gasteiger partial charge in [0, 0.05) is 31.6 Å². The lowest BCUT2D eigenvalue weighted by Gasteiger charge is -2.40. The highest BCUT2D eigenvalue weighted by molar-refractivity contribution is 5.83. The Morgan fingerprint density at radius 1 is 1.29 bits per heavy atom. The summed E-state index contributed by atoms with van der Waals surface area (Å²) < 4.78 is 19.8. The fraction of sp³-hybridized carbons (Fsp3) is 0.583. The third-order valence-corrected chi connectivity index (χ3v) is 6.86. The van der Waals surface area contributed by atoms with Crippen LogP contribution in [0.2, 0.25) is 0 Å².